The van der Waals surface area contributed by atoms with Gasteiger partial charge in [-0.05, 0) is 36.7 Å². The molecule has 1 aromatic carbocycles. The van der Waals surface area contributed by atoms with E-state index in [0.717, 1.165) is 71.5 Å². The highest BCUT2D eigenvalue weighted by atomic mass is 16.5. The lowest BCUT2D eigenvalue weighted by molar-refractivity contribution is -0.137. The van der Waals surface area contributed by atoms with Crippen LogP contribution in [0.25, 0.3) is 6.08 Å². The molecule has 2 amide bonds. The summed E-state index contributed by atoms with van der Waals surface area (Å²) in [5, 5.41) is 0. The molecule has 32 heavy (non-hydrogen) atoms. The lowest BCUT2D eigenvalue weighted by Gasteiger charge is -2.36. The molecule has 6 heteroatoms. The maximum absolute atomic E-state index is 13.2. The second-order valence-electron chi connectivity index (χ2n) is 9.94. The van der Waals surface area contributed by atoms with Gasteiger partial charge in [0.2, 0.25) is 11.8 Å². The molecule has 6 nitrogen and oxygen atoms in total. The van der Waals surface area contributed by atoms with Gasteiger partial charge in [-0.3, -0.25) is 14.5 Å². The van der Waals surface area contributed by atoms with Crippen LogP contribution < -0.4 is 0 Å². The quantitative estimate of drug-likeness (QED) is 0.710. The van der Waals surface area contributed by atoms with Crippen molar-refractivity contribution in [3.63, 3.8) is 0 Å². The van der Waals surface area contributed by atoms with Crippen LogP contribution in [0.4, 0.5) is 0 Å². The van der Waals surface area contributed by atoms with Gasteiger partial charge in [-0.1, -0.05) is 42.5 Å². The van der Waals surface area contributed by atoms with Crippen LogP contribution in [0.5, 0.6) is 0 Å². The molecule has 3 saturated heterocycles. The number of rotatable bonds is 5. The number of hydrogen-bond acceptors (Lipinski definition) is 4. The molecular weight excluding hydrogens is 402 g/mol. The monoisotopic (exact) mass is 437 g/mol. The number of nitrogens with zero attached hydrogens (tertiary/aromatic N) is 3. The van der Waals surface area contributed by atoms with Crippen LogP contribution in [0, 0.1) is 17.3 Å². The second-order valence-corrected chi connectivity index (χ2v) is 9.94. The van der Waals surface area contributed by atoms with E-state index in [1.54, 1.807) is 0 Å². The molecule has 172 valence electrons. The Hall–Kier alpha value is -2.18. The number of benzene rings is 1. The number of amides is 2. The van der Waals surface area contributed by atoms with Crippen LogP contribution in [0.1, 0.15) is 31.2 Å². The van der Waals surface area contributed by atoms with Gasteiger partial charge in [0.15, 0.2) is 0 Å². The molecule has 5 rings (SSSR count). The molecule has 2 unspecified atom stereocenters. The van der Waals surface area contributed by atoms with Crippen molar-refractivity contribution in [2.75, 3.05) is 59.0 Å². The molecule has 3 aliphatic heterocycles. The molecule has 0 N–H and O–H groups in total. The number of carbonyl (C=O) groups is 2. The van der Waals surface area contributed by atoms with Gasteiger partial charge < -0.3 is 14.5 Å². The fourth-order valence-corrected chi connectivity index (χ4v) is 5.68. The second kappa shape index (κ2) is 9.36. The minimum Gasteiger partial charge on any atom is -0.381 e. The Morgan fingerprint density at radius 1 is 0.969 bits per heavy atom. The Balaban J connectivity index is 1.05. The van der Waals surface area contributed by atoms with Crippen molar-refractivity contribution in [3.8, 4) is 0 Å². The van der Waals surface area contributed by atoms with E-state index in [4.69, 9.17) is 4.74 Å². The SMILES string of the molecule is O=C(C1CCOC1)N1CCC2(CC1)CC2C(=O)N1CCN(CC=Cc2ccccc2)CC1. The Morgan fingerprint density at radius 2 is 1.69 bits per heavy atom. The highest BCUT2D eigenvalue weighted by Gasteiger charge is 2.59. The average Bonchev–Trinajstić information content (AvgIpc) is 3.26. The zero-order chi connectivity index (χ0) is 22.0. The van der Waals surface area contributed by atoms with E-state index in [-0.39, 0.29) is 23.2 Å². The molecule has 0 radical (unpaired) electrons. The third-order valence-electron chi connectivity index (χ3n) is 8.00. The Labute approximate surface area is 191 Å². The van der Waals surface area contributed by atoms with Crippen molar-refractivity contribution in [2.24, 2.45) is 17.3 Å². The van der Waals surface area contributed by atoms with Crippen molar-refractivity contribution >= 4 is 17.9 Å². The molecule has 0 bridgehead atoms. The van der Waals surface area contributed by atoms with Gasteiger partial charge in [-0.25, -0.2) is 0 Å². The summed E-state index contributed by atoms with van der Waals surface area (Å²) in [4.78, 5) is 32.3. The van der Waals surface area contributed by atoms with Crippen molar-refractivity contribution in [1.82, 2.24) is 14.7 Å². The topological polar surface area (TPSA) is 53.1 Å². The first-order chi connectivity index (χ1) is 15.6. The van der Waals surface area contributed by atoms with Gasteiger partial charge in [0, 0.05) is 58.3 Å². The number of carbonyl (C=O) groups excluding carboxylic acids is 2. The number of hydrogen-bond donors (Lipinski definition) is 0. The third kappa shape index (κ3) is 4.62. The van der Waals surface area contributed by atoms with Crippen LogP contribution in [0.2, 0.25) is 0 Å². The van der Waals surface area contributed by atoms with E-state index >= 15 is 0 Å². The molecule has 1 aliphatic carbocycles. The number of piperidine rings is 1. The highest BCUT2D eigenvalue weighted by Crippen LogP contribution is 2.60. The summed E-state index contributed by atoms with van der Waals surface area (Å²) in [5.74, 6) is 0.852. The maximum atomic E-state index is 13.2. The Bertz CT molecular complexity index is 833. The van der Waals surface area contributed by atoms with Crippen molar-refractivity contribution in [3.05, 3.63) is 42.0 Å². The molecule has 1 spiro atoms. The predicted octanol–water partition coefficient (Wildman–Crippen LogP) is 2.51. The first-order valence-corrected chi connectivity index (χ1v) is 12.2. The van der Waals surface area contributed by atoms with E-state index in [0.29, 0.717) is 19.1 Å². The molecule has 0 aromatic heterocycles. The van der Waals surface area contributed by atoms with Gasteiger partial charge in [-0.2, -0.15) is 0 Å². The van der Waals surface area contributed by atoms with Gasteiger partial charge in [0.1, 0.15) is 0 Å². The first kappa shape index (κ1) is 21.7. The van der Waals surface area contributed by atoms with E-state index in [1.165, 1.54) is 5.56 Å². The normalized spacial score (nSPS) is 27.9. The highest BCUT2D eigenvalue weighted by molar-refractivity contribution is 5.83. The maximum Gasteiger partial charge on any atom is 0.228 e. The standard InChI is InChI=1S/C26H35N3O3/c30-24(22-8-18-32-20-22)28-12-9-26(10-13-28)19-23(26)25(31)29-16-14-27(15-17-29)11-4-7-21-5-2-1-3-6-21/h1-7,22-23H,8-20H2. The predicted molar refractivity (Wildman–Crippen MR) is 124 cm³/mol. The molecule has 4 fully saturated rings. The summed E-state index contributed by atoms with van der Waals surface area (Å²) in [6.45, 7) is 7.37. The lowest BCUT2D eigenvalue weighted by atomic mass is 9.89. The molecule has 2 atom stereocenters. The summed E-state index contributed by atoms with van der Waals surface area (Å²) in [6, 6.07) is 10.4. The van der Waals surface area contributed by atoms with Gasteiger partial charge in [-0.15, -0.1) is 0 Å². The van der Waals surface area contributed by atoms with E-state index in [1.807, 2.05) is 11.0 Å². The largest absolute Gasteiger partial charge is 0.381 e. The summed E-state index contributed by atoms with van der Waals surface area (Å²) in [6.07, 6.45) is 8.22. The zero-order valence-corrected chi connectivity index (χ0v) is 19.0. The van der Waals surface area contributed by atoms with Gasteiger partial charge in [0.05, 0.1) is 12.5 Å². The summed E-state index contributed by atoms with van der Waals surface area (Å²) >= 11 is 0. The van der Waals surface area contributed by atoms with E-state index in [2.05, 4.69) is 46.2 Å². The Kier molecular flexibility index (Phi) is 6.33. The molecular formula is C26H35N3O3. The summed E-state index contributed by atoms with van der Waals surface area (Å²) in [5.41, 5.74) is 1.39. The Morgan fingerprint density at radius 3 is 2.38 bits per heavy atom. The summed E-state index contributed by atoms with van der Waals surface area (Å²) in [7, 11) is 0. The fourth-order valence-electron chi connectivity index (χ4n) is 5.68. The molecule has 1 saturated carbocycles. The minimum absolute atomic E-state index is 0.0551. The van der Waals surface area contributed by atoms with Crippen LogP contribution in [-0.4, -0.2) is 85.5 Å². The number of piperazine rings is 1. The van der Waals surface area contributed by atoms with Crippen LogP contribution in [-0.2, 0) is 14.3 Å². The lowest BCUT2D eigenvalue weighted by Crippen LogP contribution is -2.50. The summed E-state index contributed by atoms with van der Waals surface area (Å²) < 4.78 is 5.38. The van der Waals surface area contributed by atoms with Crippen LogP contribution in [0.15, 0.2) is 36.4 Å². The number of likely N-dealkylation sites (tertiary alicyclic amines) is 1. The van der Waals surface area contributed by atoms with Crippen molar-refractivity contribution in [2.45, 2.75) is 25.7 Å². The first-order valence-electron chi connectivity index (χ1n) is 12.2. The van der Waals surface area contributed by atoms with Crippen molar-refractivity contribution in [1.29, 1.82) is 0 Å². The zero-order valence-electron chi connectivity index (χ0n) is 19.0. The molecule has 4 aliphatic rings. The third-order valence-corrected chi connectivity index (χ3v) is 8.00. The van der Waals surface area contributed by atoms with E-state index in [9.17, 15) is 9.59 Å². The van der Waals surface area contributed by atoms with Gasteiger partial charge in [0.25, 0.3) is 0 Å². The van der Waals surface area contributed by atoms with Crippen LogP contribution >= 0.6 is 0 Å². The van der Waals surface area contributed by atoms with Crippen molar-refractivity contribution < 1.29 is 14.3 Å². The van der Waals surface area contributed by atoms with Crippen LogP contribution in [0.3, 0.4) is 0 Å². The smallest absolute Gasteiger partial charge is 0.228 e. The van der Waals surface area contributed by atoms with Gasteiger partial charge >= 0.3 is 0 Å². The molecule has 1 aromatic rings. The van der Waals surface area contributed by atoms with E-state index < -0.39 is 0 Å². The minimum atomic E-state index is 0.0551. The molecule has 3 heterocycles. The number of ether oxygens (including phenoxy) is 1. The average molecular weight is 438 g/mol. The fraction of sp³-hybridized carbons (Fsp3) is 0.615.